The molecule has 1 aliphatic heterocycles. The van der Waals surface area contributed by atoms with Gasteiger partial charge >= 0.3 is 0 Å². The van der Waals surface area contributed by atoms with Crippen LogP contribution in [0.3, 0.4) is 0 Å². The predicted molar refractivity (Wildman–Crippen MR) is 76.4 cm³/mol. The van der Waals surface area contributed by atoms with Crippen LogP contribution in [0.1, 0.15) is 5.56 Å². The summed E-state index contributed by atoms with van der Waals surface area (Å²) in [6.07, 6.45) is 2.18. The third kappa shape index (κ3) is 1.73. The number of hydrogen-bond acceptors (Lipinski definition) is 2. The van der Waals surface area contributed by atoms with Crippen molar-refractivity contribution in [1.82, 2.24) is 5.32 Å². The molecule has 1 aromatic rings. The molecule has 4 heteroatoms. The summed E-state index contributed by atoms with van der Waals surface area (Å²) in [5.41, 5.74) is 1.69. The van der Waals surface area contributed by atoms with Gasteiger partial charge in [0.25, 0.3) is 0 Å². The number of fused-ring (bicyclic) bond motifs is 1. The first kappa shape index (κ1) is 12.2. The van der Waals surface area contributed by atoms with Crippen LogP contribution in [0.2, 0.25) is 10.0 Å². The first-order chi connectivity index (χ1) is 8.20. The van der Waals surface area contributed by atoms with Crippen molar-refractivity contribution in [2.75, 3.05) is 25.1 Å². The molecular weight excluding hydrogens is 273 g/mol. The van der Waals surface area contributed by atoms with Gasteiger partial charge in [-0.05, 0) is 48.1 Å². The van der Waals surface area contributed by atoms with Crippen molar-refractivity contribution in [2.24, 2.45) is 11.8 Å². The molecule has 0 spiro atoms. The molecule has 0 bridgehead atoms. The monoisotopic (exact) mass is 287 g/mol. The molecule has 1 heterocycles. The van der Waals surface area contributed by atoms with Crippen LogP contribution in [-0.4, -0.2) is 25.1 Å². The lowest BCUT2D eigenvalue weighted by Gasteiger charge is -2.16. The van der Waals surface area contributed by atoms with Crippen molar-refractivity contribution in [1.29, 1.82) is 0 Å². The van der Waals surface area contributed by atoms with E-state index in [1.165, 1.54) is 11.3 Å². The minimum Gasteiger partial charge on any atom is -0.316 e. The van der Waals surface area contributed by atoms with Crippen LogP contribution < -0.4 is 5.32 Å². The SMILES string of the molecule is CSC[C@H]1[C@@H]2CNC[C@@]21c1ccc(Cl)c(Cl)c1. The van der Waals surface area contributed by atoms with E-state index in [0.29, 0.717) is 15.5 Å². The van der Waals surface area contributed by atoms with E-state index in [-0.39, 0.29) is 0 Å². The van der Waals surface area contributed by atoms with Gasteiger partial charge in [-0.25, -0.2) is 0 Å². The van der Waals surface area contributed by atoms with Gasteiger partial charge in [0.2, 0.25) is 0 Å². The van der Waals surface area contributed by atoms with Crippen LogP contribution in [0, 0.1) is 11.8 Å². The van der Waals surface area contributed by atoms with Crippen molar-refractivity contribution < 1.29 is 0 Å². The number of hydrogen-bond donors (Lipinski definition) is 1. The van der Waals surface area contributed by atoms with Crippen molar-refractivity contribution in [3.05, 3.63) is 33.8 Å². The summed E-state index contributed by atoms with van der Waals surface area (Å²) in [6, 6.07) is 6.14. The van der Waals surface area contributed by atoms with Crippen LogP contribution >= 0.6 is 35.0 Å². The van der Waals surface area contributed by atoms with E-state index < -0.39 is 0 Å². The van der Waals surface area contributed by atoms with E-state index in [9.17, 15) is 0 Å². The molecule has 0 unspecified atom stereocenters. The smallest absolute Gasteiger partial charge is 0.0595 e. The van der Waals surface area contributed by atoms with Crippen molar-refractivity contribution in [2.45, 2.75) is 5.41 Å². The fraction of sp³-hybridized carbons (Fsp3) is 0.538. The number of piperidine rings is 1. The van der Waals surface area contributed by atoms with Crippen LogP contribution in [-0.2, 0) is 5.41 Å². The van der Waals surface area contributed by atoms with Crippen LogP contribution in [0.15, 0.2) is 18.2 Å². The summed E-state index contributed by atoms with van der Waals surface area (Å²) < 4.78 is 0. The Morgan fingerprint density at radius 2 is 2.24 bits per heavy atom. The summed E-state index contributed by atoms with van der Waals surface area (Å²) in [6.45, 7) is 2.23. The quantitative estimate of drug-likeness (QED) is 0.914. The normalized spacial score (nSPS) is 34.8. The Morgan fingerprint density at radius 3 is 2.94 bits per heavy atom. The number of benzene rings is 1. The topological polar surface area (TPSA) is 12.0 Å². The third-order valence-corrected chi connectivity index (χ3v) is 5.72. The molecule has 3 rings (SSSR count). The maximum atomic E-state index is 6.14. The molecule has 0 radical (unpaired) electrons. The zero-order chi connectivity index (χ0) is 12.0. The van der Waals surface area contributed by atoms with Gasteiger partial charge in [-0.3, -0.25) is 0 Å². The molecule has 0 amide bonds. The van der Waals surface area contributed by atoms with Gasteiger partial charge in [-0.2, -0.15) is 11.8 Å². The minimum atomic E-state index is 0.331. The molecule has 1 aromatic carbocycles. The Hall–Kier alpha value is 0.110. The Bertz CT molecular complexity index is 451. The lowest BCUT2D eigenvalue weighted by Crippen LogP contribution is -2.24. The number of halogens is 2. The molecule has 1 saturated carbocycles. The standard InChI is InChI=1S/C13H15Cl2NS/c1-17-6-10-9-5-16-7-13(9,10)8-2-3-11(14)12(15)4-8/h2-4,9-10,16H,5-7H2,1H3/t9-,10-,13+/m0/s1. The van der Waals surface area contributed by atoms with Crippen molar-refractivity contribution in [3.63, 3.8) is 0 Å². The third-order valence-electron chi connectivity index (χ3n) is 4.28. The molecule has 2 fully saturated rings. The fourth-order valence-electron chi connectivity index (χ4n) is 3.39. The average molecular weight is 288 g/mol. The van der Waals surface area contributed by atoms with Gasteiger partial charge in [0.1, 0.15) is 0 Å². The Kier molecular flexibility index (Phi) is 3.10. The van der Waals surface area contributed by atoms with E-state index in [4.69, 9.17) is 23.2 Å². The molecule has 1 N–H and O–H groups in total. The Morgan fingerprint density at radius 1 is 1.41 bits per heavy atom. The summed E-state index contributed by atoms with van der Waals surface area (Å²) in [5, 5.41) is 4.83. The lowest BCUT2D eigenvalue weighted by atomic mass is 9.93. The number of thioether (sulfide) groups is 1. The Labute approximate surface area is 116 Å². The molecule has 1 saturated heterocycles. The van der Waals surface area contributed by atoms with Gasteiger partial charge in [0.15, 0.2) is 0 Å². The van der Waals surface area contributed by atoms with Gasteiger partial charge in [-0.1, -0.05) is 29.3 Å². The van der Waals surface area contributed by atoms with E-state index in [0.717, 1.165) is 24.9 Å². The second-order valence-corrected chi connectivity index (χ2v) is 6.69. The van der Waals surface area contributed by atoms with Gasteiger partial charge < -0.3 is 5.32 Å². The van der Waals surface area contributed by atoms with Crippen LogP contribution in [0.25, 0.3) is 0 Å². The minimum absolute atomic E-state index is 0.331. The van der Waals surface area contributed by atoms with E-state index >= 15 is 0 Å². The van der Waals surface area contributed by atoms with E-state index in [1.54, 1.807) is 0 Å². The van der Waals surface area contributed by atoms with Gasteiger partial charge in [-0.15, -0.1) is 0 Å². The molecular formula is C13H15Cl2NS. The second-order valence-electron chi connectivity index (χ2n) is 4.97. The molecule has 1 nitrogen and oxygen atoms in total. The molecule has 1 aliphatic carbocycles. The summed E-state index contributed by atoms with van der Waals surface area (Å²) in [7, 11) is 0. The highest BCUT2D eigenvalue weighted by Gasteiger charge is 2.66. The maximum absolute atomic E-state index is 6.14. The summed E-state index contributed by atoms with van der Waals surface area (Å²) >= 11 is 14.1. The molecule has 92 valence electrons. The average Bonchev–Trinajstić information content (AvgIpc) is 2.72. The fourth-order valence-corrected chi connectivity index (χ4v) is 4.57. The predicted octanol–water partition coefficient (Wildman–Crippen LogP) is 3.44. The number of nitrogens with one attached hydrogen (secondary N) is 1. The number of rotatable bonds is 3. The highest BCUT2D eigenvalue weighted by Crippen LogP contribution is 2.63. The largest absolute Gasteiger partial charge is 0.316 e. The van der Waals surface area contributed by atoms with E-state index in [1.807, 2.05) is 17.8 Å². The van der Waals surface area contributed by atoms with Gasteiger partial charge in [0, 0.05) is 12.0 Å². The lowest BCUT2D eigenvalue weighted by molar-refractivity contribution is 0.596. The Balaban J connectivity index is 1.94. The van der Waals surface area contributed by atoms with Crippen molar-refractivity contribution >= 4 is 35.0 Å². The highest BCUT2D eigenvalue weighted by atomic mass is 35.5. The molecule has 3 atom stereocenters. The van der Waals surface area contributed by atoms with Crippen LogP contribution in [0.4, 0.5) is 0 Å². The van der Waals surface area contributed by atoms with Gasteiger partial charge in [0.05, 0.1) is 10.0 Å². The van der Waals surface area contributed by atoms with E-state index in [2.05, 4.69) is 23.7 Å². The maximum Gasteiger partial charge on any atom is 0.0595 e. The molecule has 0 aromatic heterocycles. The first-order valence-electron chi connectivity index (χ1n) is 5.85. The second kappa shape index (κ2) is 4.34. The van der Waals surface area contributed by atoms with Crippen LogP contribution in [0.5, 0.6) is 0 Å². The zero-order valence-electron chi connectivity index (χ0n) is 9.67. The van der Waals surface area contributed by atoms with Crippen molar-refractivity contribution in [3.8, 4) is 0 Å². The summed E-state index contributed by atoms with van der Waals surface area (Å²) in [4.78, 5) is 0. The summed E-state index contributed by atoms with van der Waals surface area (Å²) in [5.74, 6) is 2.83. The highest BCUT2D eigenvalue weighted by molar-refractivity contribution is 7.98. The molecule has 17 heavy (non-hydrogen) atoms. The molecule has 2 aliphatic rings. The zero-order valence-corrected chi connectivity index (χ0v) is 12.0. The first-order valence-corrected chi connectivity index (χ1v) is 8.00.